The van der Waals surface area contributed by atoms with Gasteiger partial charge in [0, 0.05) is 5.54 Å². The van der Waals surface area contributed by atoms with Crippen LogP contribution in [-0.4, -0.2) is 18.6 Å². The minimum absolute atomic E-state index is 0.143. The molecule has 0 aliphatic heterocycles. The van der Waals surface area contributed by atoms with Crippen LogP contribution in [0.5, 0.6) is 0 Å². The molecule has 0 aromatic heterocycles. The lowest BCUT2D eigenvalue weighted by molar-refractivity contribution is 0.448. The van der Waals surface area contributed by atoms with Gasteiger partial charge in [0.2, 0.25) is 0 Å². The van der Waals surface area contributed by atoms with Crippen molar-refractivity contribution < 1.29 is 8.78 Å². The van der Waals surface area contributed by atoms with E-state index in [1.54, 1.807) is 0 Å². The maximum absolute atomic E-state index is 13.3. The van der Waals surface area contributed by atoms with Gasteiger partial charge in [-0.15, -0.1) is 0 Å². The van der Waals surface area contributed by atoms with Crippen molar-refractivity contribution >= 4 is 0 Å². The number of hydrogen-bond acceptors (Lipinski definition) is 2. The zero-order valence-electron chi connectivity index (χ0n) is 11.1. The minimum atomic E-state index is -0.392. The van der Waals surface area contributed by atoms with E-state index < -0.39 is 5.82 Å². The van der Waals surface area contributed by atoms with Crippen LogP contribution in [0.25, 0.3) is 0 Å². The van der Waals surface area contributed by atoms with E-state index in [0.29, 0.717) is 18.5 Å². The third kappa shape index (κ3) is 6.07. The average Bonchev–Trinajstić information content (AvgIpc) is 2.26. The third-order valence-electron chi connectivity index (χ3n) is 2.75. The molecule has 102 valence electrons. The molecule has 0 heterocycles. The van der Waals surface area contributed by atoms with Gasteiger partial charge in [0.15, 0.2) is 0 Å². The second kappa shape index (κ2) is 6.81. The van der Waals surface area contributed by atoms with Crippen LogP contribution >= 0.6 is 0 Å². The van der Waals surface area contributed by atoms with Crippen molar-refractivity contribution in [2.45, 2.75) is 38.6 Å². The molecule has 0 aliphatic carbocycles. The molecule has 0 aliphatic rings. The largest absolute Gasteiger partial charge is 0.326 e. The fraction of sp³-hybridized carbons (Fsp3) is 0.571. The van der Waals surface area contributed by atoms with E-state index in [2.05, 4.69) is 5.32 Å². The SMILES string of the molecule is CC(C)(N)CCCNCCc1cc(F)ccc1F. The topological polar surface area (TPSA) is 38.0 Å². The van der Waals surface area contributed by atoms with Crippen LogP contribution in [0, 0.1) is 11.6 Å². The highest BCUT2D eigenvalue weighted by atomic mass is 19.1. The van der Waals surface area contributed by atoms with E-state index in [1.165, 1.54) is 12.1 Å². The average molecular weight is 256 g/mol. The maximum Gasteiger partial charge on any atom is 0.126 e. The molecular weight excluding hydrogens is 234 g/mol. The summed E-state index contributed by atoms with van der Waals surface area (Å²) in [6.07, 6.45) is 2.42. The highest BCUT2D eigenvalue weighted by molar-refractivity contribution is 5.18. The molecule has 0 fully saturated rings. The Morgan fingerprint density at radius 1 is 1.22 bits per heavy atom. The molecule has 0 saturated carbocycles. The van der Waals surface area contributed by atoms with E-state index in [-0.39, 0.29) is 11.4 Å². The predicted molar refractivity (Wildman–Crippen MR) is 70.4 cm³/mol. The van der Waals surface area contributed by atoms with Crippen LogP contribution in [0.3, 0.4) is 0 Å². The van der Waals surface area contributed by atoms with Gasteiger partial charge in [-0.3, -0.25) is 0 Å². The first kappa shape index (κ1) is 15.1. The van der Waals surface area contributed by atoms with Gasteiger partial charge in [-0.05, 0) is 70.0 Å². The summed E-state index contributed by atoms with van der Waals surface area (Å²) in [6.45, 7) is 5.48. The lowest BCUT2D eigenvalue weighted by atomic mass is 10.0. The van der Waals surface area contributed by atoms with Gasteiger partial charge in [0.1, 0.15) is 11.6 Å². The number of halogens is 2. The van der Waals surface area contributed by atoms with Gasteiger partial charge in [-0.2, -0.15) is 0 Å². The molecule has 1 aromatic carbocycles. The monoisotopic (exact) mass is 256 g/mol. The van der Waals surface area contributed by atoms with Crippen LogP contribution in [0.15, 0.2) is 18.2 Å². The van der Waals surface area contributed by atoms with Crippen molar-refractivity contribution in [1.82, 2.24) is 5.32 Å². The molecule has 0 unspecified atom stereocenters. The summed E-state index contributed by atoms with van der Waals surface area (Å²) in [4.78, 5) is 0. The Morgan fingerprint density at radius 2 is 1.94 bits per heavy atom. The van der Waals surface area contributed by atoms with Crippen LogP contribution in [-0.2, 0) is 6.42 Å². The van der Waals surface area contributed by atoms with E-state index in [9.17, 15) is 8.78 Å². The first-order valence-electron chi connectivity index (χ1n) is 6.32. The van der Waals surface area contributed by atoms with Gasteiger partial charge in [0.25, 0.3) is 0 Å². The molecule has 0 bridgehead atoms. The normalized spacial score (nSPS) is 11.8. The molecule has 1 rings (SSSR count). The van der Waals surface area contributed by atoms with Crippen LogP contribution in [0.2, 0.25) is 0 Å². The molecule has 0 spiro atoms. The minimum Gasteiger partial charge on any atom is -0.326 e. The summed E-state index contributed by atoms with van der Waals surface area (Å²) >= 11 is 0. The first-order chi connectivity index (χ1) is 8.38. The molecule has 0 radical (unpaired) electrons. The van der Waals surface area contributed by atoms with Gasteiger partial charge in [-0.1, -0.05) is 0 Å². The summed E-state index contributed by atoms with van der Waals surface area (Å²) in [6, 6.07) is 3.55. The quantitative estimate of drug-likeness (QED) is 0.736. The Labute approximate surface area is 108 Å². The van der Waals surface area contributed by atoms with Gasteiger partial charge < -0.3 is 11.1 Å². The van der Waals surface area contributed by atoms with Crippen molar-refractivity contribution in [3.63, 3.8) is 0 Å². The Kier molecular flexibility index (Phi) is 5.69. The maximum atomic E-state index is 13.3. The van der Waals surface area contributed by atoms with E-state index in [0.717, 1.165) is 25.5 Å². The van der Waals surface area contributed by atoms with Gasteiger partial charge >= 0.3 is 0 Å². The number of benzene rings is 1. The lowest BCUT2D eigenvalue weighted by Crippen LogP contribution is -2.33. The van der Waals surface area contributed by atoms with E-state index in [1.807, 2.05) is 13.8 Å². The summed E-state index contributed by atoms with van der Waals surface area (Å²) < 4.78 is 26.2. The molecule has 0 amide bonds. The van der Waals surface area contributed by atoms with Crippen LogP contribution in [0.1, 0.15) is 32.3 Å². The standard InChI is InChI=1S/C14H22F2N2/c1-14(2,17)7-3-8-18-9-6-11-10-12(15)4-5-13(11)16/h4-5,10,18H,3,6-9,17H2,1-2H3. The zero-order valence-corrected chi connectivity index (χ0v) is 11.1. The van der Waals surface area contributed by atoms with Crippen LogP contribution in [0.4, 0.5) is 8.78 Å². The van der Waals surface area contributed by atoms with Crippen LogP contribution < -0.4 is 11.1 Å². The van der Waals surface area contributed by atoms with Crippen molar-refractivity contribution in [3.8, 4) is 0 Å². The second-order valence-electron chi connectivity index (χ2n) is 5.33. The van der Waals surface area contributed by atoms with E-state index >= 15 is 0 Å². The van der Waals surface area contributed by atoms with Gasteiger partial charge in [-0.25, -0.2) is 8.78 Å². The molecular formula is C14H22F2N2. The summed E-state index contributed by atoms with van der Waals surface area (Å²) in [5, 5.41) is 3.21. The molecule has 0 atom stereocenters. The fourth-order valence-corrected chi connectivity index (χ4v) is 1.75. The Balaban J connectivity index is 2.20. The predicted octanol–water partition coefficient (Wildman–Crippen LogP) is 2.61. The van der Waals surface area contributed by atoms with Crippen molar-refractivity contribution in [1.29, 1.82) is 0 Å². The number of nitrogens with two attached hydrogens (primary N) is 1. The lowest BCUT2D eigenvalue weighted by Gasteiger charge is -2.17. The Bertz CT molecular complexity index is 373. The summed E-state index contributed by atoms with van der Waals surface area (Å²) in [7, 11) is 0. The number of rotatable bonds is 7. The third-order valence-corrected chi connectivity index (χ3v) is 2.75. The summed E-state index contributed by atoms with van der Waals surface area (Å²) in [5.74, 6) is -0.738. The highest BCUT2D eigenvalue weighted by Crippen LogP contribution is 2.10. The molecule has 4 heteroatoms. The van der Waals surface area contributed by atoms with Crippen molar-refractivity contribution in [2.24, 2.45) is 5.73 Å². The first-order valence-corrected chi connectivity index (χ1v) is 6.32. The number of hydrogen-bond donors (Lipinski definition) is 2. The zero-order chi connectivity index (χ0) is 13.6. The molecule has 1 aromatic rings. The molecule has 3 N–H and O–H groups in total. The molecule has 0 saturated heterocycles. The van der Waals surface area contributed by atoms with Crippen molar-refractivity contribution in [2.75, 3.05) is 13.1 Å². The second-order valence-corrected chi connectivity index (χ2v) is 5.33. The highest BCUT2D eigenvalue weighted by Gasteiger charge is 2.09. The van der Waals surface area contributed by atoms with Crippen molar-refractivity contribution in [3.05, 3.63) is 35.4 Å². The summed E-state index contributed by atoms with van der Waals surface area (Å²) in [5.41, 5.74) is 6.13. The number of nitrogens with one attached hydrogen (secondary N) is 1. The van der Waals surface area contributed by atoms with Gasteiger partial charge in [0.05, 0.1) is 0 Å². The smallest absolute Gasteiger partial charge is 0.126 e. The Morgan fingerprint density at radius 3 is 2.61 bits per heavy atom. The molecule has 2 nitrogen and oxygen atoms in total. The van der Waals surface area contributed by atoms with E-state index in [4.69, 9.17) is 5.73 Å². The Hall–Kier alpha value is -1.00. The molecule has 18 heavy (non-hydrogen) atoms. The fourth-order valence-electron chi connectivity index (χ4n) is 1.75.